The highest BCUT2D eigenvalue weighted by Gasteiger charge is 2.30. The molecule has 0 aromatic carbocycles. The molecule has 2 heteroatoms. The van der Waals surface area contributed by atoms with E-state index in [4.69, 9.17) is 9.78 Å². The van der Waals surface area contributed by atoms with Gasteiger partial charge in [-0.3, -0.25) is 0 Å². The van der Waals surface area contributed by atoms with Crippen LogP contribution in [0.15, 0.2) is 0 Å². The summed E-state index contributed by atoms with van der Waals surface area (Å²) in [6.07, 6.45) is 6.13. The molecule has 0 radical (unpaired) electrons. The first kappa shape index (κ1) is 11.0. The van der Waals surface area contributed by atoms with Crippen molar-refractivity contribution in [3.05, 3.63) is 0 Å². The van der Waals surface area contributed by atoms with Crippen LogP contribution in [0.4, 0.5) is 0 Å². The lowest BCUT2D eigenvalue weighted by atomic mass is 9.87. The van der Waals surface area contributed by atoms with Gasteiger partial charge in [0.2, 0.25) is 0 Å². The quantitative estimate of drug-likeness (QED) is 0.485. The number of hydrogen-bond acceptors (Lipinski definition) is 2. The van der Waals surface area contributed by atoms with Gasteiger partial charge in [-0.15, -0.1) is 0 Å². The Morgan fingerprint density at radius 1 is 1.00 bits per heavy atom. The van der Waals surface area contributed by atoms with Crippen LogP contribution in [0.25, 0.3) is 0 Å². The lowest BCUT2D eigenvalue weighted by Crippen LogP contribution is -2.35. The van der Waals surface area contributed by atoms with Crippen LogP contribution < -0.4 is 0 Å². The molecule has 1 rings (SSSR count). The Bertz CT molecular complexity index is 152. The Morgan fingerprint density at radius 2 is 1.54 bits per heavy atom. The van der Waals surface area contributed by atoms with E-state index in [1.165, 1.54) is 19.3 Å². The van der Waals surface area contributed by atoms with Gasteiger partial charge in [0.05, 0.1) is 5.60 Å². The van der Waals surface area contributed by atoms with Gasteiger partial charge in [0.25, 0.3) is 0 Å². The normalized spacial score (nSPS) is 23.1. The van der Waals surface area contributed by atoms with Crippen molar-refractivity contribution in [2.75, 3.05) is 0 Å². The summed E-state index contributed by atoms with van der Waals surface area (Å²) >= 11 is 0. The van der Waals surface area contributed by atoms with Crippen molar-refractivity contribution < 1.29 is 9.78 Å². The molecular formula is C11H22O2. The van der Waals surface area contributed by atoms with Crippen molar-refractivity contribution in [3.63, 3.8) is 0 Å². The molecule has 0 unspecified atom stereocenters. The number of rotatable bonds is 2. The minimum Gasteiger partial charge on any atom is -0.230 e. The van der Waals surface area contributed by atoms with E-state index in [1.54, 1.807) is 0 Å². The molecule has 0 aliphatic heterocycles. The van der Waals surface area contributed by atoms with E-state index < -0.39 is 0 Å². The predicted octanol–water partition coefficient (Wildman–Crippen LogP) is 3.46. The summed E-state index contributed by atoms with van der Waals surface area (Å²) < 4.78 is 0. The fourth-order valence-corrected chi connectivity index (χ4v) is 1.61. The summed E-state index contributed by atoms with van der Waals surface area (Å²) in [6.45, 7) is 8.19. The highest BCUT2D eigenvalue weighted by atomic mass is 17.2. The minimum absolute atomic E-state index is 0.0362. The van der Waals surface area contributed by atoms with Gasteiger partial charge in [-0.2, -0.15) is 0 Å². The van der Waals surface area contributed by atoms with Crippen LogP contribution in [-0.2, 0) is 9.78 Å². The minimum atomic E-state index is -0.194. The van der Waals surface area contributed by atoms with Gasteiger partial charge in [-0.05, 0) is 40.5 Å². The van der Waals surface area contributed by atoms with Gasteiger partial charge in [-0.1, -0.05) is 19.3 Å². The third-order valence-corrected chi connectivity index (χ3v) is 2.40. The second-order valence-electron chi connectivity index (χ2n) is 5.29. The van der Waals surface area contributed by atoms with Crippen molar-refractivity contribution in [3.8, 4) is 0 Å². The van der Waals surface area contributed by atoms with Crippen LogP contribution in [0.2, 0.25) is 0 Å². The molecule has 13 heavy (non-hydrogen) atoms. The van der Waals surface area contributed by atoms with Crippen molar-refractivity contribution >= 4 is 0 Å². The smallest absolute Gasteiger partial charge is 0.101 e. The van der Waals surface area contributed by atoms with E-state index in [2.05, 4.69) is 6.92 Å². The highest BCUT2D eigenvalue weighted by Crippen LogP contribution is 2.32. The molecule has 0 aromatic heterocycles. The summed E-state index contributed by atoms with van der Waals surface area (Å²) in [4.78, 5) is 10.9. The summed E-state index contributed by atoms with van der Waals surface area (Å²) in [5.41, 5.74) is -0.230. The topological polar surface area (TPSA) is 18.5 Å². The Morgan fingerprint density at radius 3 is 2.00 bits per heavy atom. The first-order valence-corrected chi connectivity index (χ1v) is 5.28. The highest BCUT2D eigenvalue weighted by molar-refractivity contribution is 4.78. The Labute approximate surface area is 81.5 Å². The van der Waals surface area contributed by atoms with Gasteiger partial charge < -0.3 is 0 Å². The van der Waals surface area contributed by atoms with Crippen molar-refractivity contribution in [2.45, 2.75) is 71.0 Å². The van der Waals surface area contributed by atoms with E-state index in [9.17, 15) is 0 Å². The van der Waals surface area contributed by atoms with Gasteiger partial charge in [-0.25, -0.2) is 9.78 Å². The molecule has 1 fully saturated rings. The lowest BCUT2D eigenvalue weighted by Gasteiger charge is -2.34. The zero-order valence-electron chi connectivity index (χ0n) is 9.35. The third kappa shape index (κ3) is 4.10. The molecule has 0 aromatic rings. The Hall–Kier alpha value is -0.0800. The Kier molecular flexibility index (Phi) is 3.36. The molecule has 1 aliphatic rings. The zero-order valence-corrected chi connectivity index (χ0v) is 9.35. The molecule has 0 spiro atoms. The van der Waals surface area contributed by atoms with Gasteiger partial charge >= 0.3 is 0 Å². The van der Waals surface area contributed by atoms with E-state index in [0.29, 0.717) is 0 Å². The average Bonchev–Trinajstić information content (AvgIpc) is 2.02. The third-order valence-electron chi connectivity index (χ3n) is 2.40. The van der Waals surface area contributed by atoms with E-state index >= 15 is 0 Å². The van der Waals surface area contributed by atoms with Crippen LogP contribution in [0.5, 0.6) is 0 Å². The SMILES string of the molecule is CC(C)(C)OOC1(C)CCCCC1. The van der Waals surface area contributed by atoms with Crippen LogP contribution in [0.1, 0.15) is 59.8 Å². The van der Waals surface area contributed by atoms with Crippen LogP contribution in [0, 0.1) is 0 Å². The second kappa shape index (κ2) is 3.97. The van der Waals surface area contributed by atoms with E-state index in [-0.39, 0.29) is 11.2 Å². The molecule has 0 bridgehead atoms. The molecule has 0 N–H and O–H groups in total. The fourth-order valence-electron chi connectivity index (χ4n) is 1.61. The van der Waals surface area contributed by atoms with Crippen LogP contribution in [-0.4, -0.2) is 11.2 Å². The second-order valence-corrected chi connectivity index (χ2v) is 5.29. The standard InChI is InChI=1S/C11H22O2/c1-10(2,3)12-13-11(4)8-6-5-7-9-11/h5-9H2,1-4H3. The molecule has 0 atom stereocenters. The molecular weight excluding hydrogens is 164 g/mol. The maximum absolute atomic E-state index is 5.53. The average molecular weight is 186 g/mol. The van der Waals surface area contributed by atoms with Crippen LogP contribution >= 0.6 is 0 Å². The predicted molar refractivity (Wildman–Crippen MR) is 53.4 cm³/mol. The first-order valence-electron chi connectivity index (χ1n) is 5.28. The molecule has 0 amide bonds. The van der Waals surface area contributed by atoms with Crippen LogP contribution in [0.3, 0.4) is 0 Å². The maximum Gasteiger partial charge on any atom is 0.101 e. The summed E-state index contributed by atoms with van der Waals surface area (Å²) in [5.74, 6) is 0. The largest absolute Gasteiger partial charge is 0.230 e. The van der Waals surface area contributed by atoms with E-state index in [0.717, 1.165) is 12.8 Å². The van der Waals surface area contributed by atoms with E-state index in [1.807, 2.05) is 20.8 Å². The molecule has 1 saturated carbocycles. The van der Waals surface area contributed by atoms with Gasteiger partial charge in [0, 0.05) is 0 Å². The van der Waals surface area contributed by atoms with Gasteiger partial charge in [0.1, 0.15) is 5.60 Å². The lowest BCUT2D eigenvalue weighted by molar-refractivity contribution is -0.404. The summed E-state index contributed by atoms with van der Waals surface area (Å²) in [5, 5.41) is 0. The maximum atomic E-state index is 5.53. The number of hydrogen-bond donors (Lipinski definition) is 0. The summed E-state index contributed by atoms with van der Waals surface area (Å²) in [7, 11) is 0. The summed E-state index contributed by atoms with van der Waals surface area (Å²) in [6, 6.07) is 0. The van der Waals surface area contributed by atoms with Crippen molar-refractivity contribution in [2.24, 2.45) is 0 Å². The van der Waals surface area contributed by atoms with Gasteiger partial charge in [0.15, 0.2) is 0 Å². The molecule has 0 heterocycles. The Balaban J connectivity index is 2.33. The molecule has 2 nitrogen and oxygen atoms in total. The molecule has 1 aliphatic carbocycles. The zero-order chi connectivity index (χ0) is 9.95. The van der Waals surface area contributed by atoms with Crippen molar-refractivity contribution in [1.82, 2.24) is 0 Å². The van der Waals surface area contributed by atoms with Crippen molar-refractivity contribution in [1.29, 1.82) is 0 Å². The molecule has 78 valence electrons. The first-order chi connectivity index (χ1) is 5.91. The molecule has 0 saturated heterocycles. The fraction of sp³-hybridized carbons (Fsp3) is 1.00. The monoisotopic (exact) mass is 186 g/mol.